The number of anilines is 2. The Morgan fingerprint density at radius 3 is 2.79 bits per heavy atom. The summed E-state index contributed by atoms with van der Waals surface area (Å²) >= 11 is 1.34. The maximum Gasteiger partial charge on any atom is 0.433 e. The molecule has 2 aromatic heterocycles. The highest BCUT2D eigenvalue weighted by atomic mass is 32.1. The molecule has 0 saturated carbocycles. The Morgan fingerprint density at radius 2 is 2.06 bits per heavy atom. The third kappa shape index (κ3) is 3.67. The van der Waals surface area contributed by atoms with Crippen LogP contribution in [0.3, 0.4) is 0 Å². The number of benzene rings is 1. The van der Waals surface area contributed by atoms with Crippen molar-refractivity contribution in [3.05, 3.63) is 57.5 Å². The molecule has 13 heteroatoms. The summed E-state index contributed by atoms with van der Waals surface area (Å²) in [6, 6.07) is 4.85. The van der Waals surface area contributed by atoms with Gasteiger partial charge in [0.2, 0.25) is 11.9 Å². The average molecular weight is 476 g/mol. The molecule has 2 aliphatic heterocycles. The first kappa shape index (κ1) is 21.2. The second-order valence-corrected chi connectivity index (χ2v) is 8.83. The van der Waals surface area contributed by atoms with Crippen molar-refractivity contribution in [3.8, 4) is 10.4 Å². The highest BCUT2D eigenvalue weighted by Gasteiger charge is 2.56. The quantitative estimate of drug-likeness (QED) is 0.328. The minimum absolute atomic E-state index is 0.0900. The fourth-order valence-corrected chi connectivity index (χ4v) is 5.37. The Morgan fingerprint density at radius 1 is 1.24 bits per heavy atom. The zero-order chi connectivity index (χ0) is 23.4. The van der Waals surface area contributed by atoms with Crippen molar-refractivity contribution in [1.29, 1.82) is 0 Å². The second kappa shape index (κ2) is 7.47. The molecule has 1 aromatic carbocycles. The summed E-state index contributed by atoms with van der Waals surface area (Å²) in [6.07, 6.45) is 0.0102. The number of amides is 1. The van der Waals surface area contributed by atoms with Gasteiger partial charge < -0.3 is 10.2 Å². The number of carbonyl (C=O) groups is 1. The van der Waals surface area contributed by atoms with Crippen molar-refractivity contribution in [2.45, 2.75) is 31.0 Å². The first-order valence-corrected chi connectivity index (χ1v) is 10.7. The van der Waals surface area contributed by atoms with Crippen LogP contribution in [-0.4, -0.2) is 37.2 Å². The van der Waals surface area contributed by atoms with E-state index in [-0.39, 0.29) is 23.2 Å². The van der Waals surface area contributed by atoms with Gasteiger partial charge in [-0.3, -0.25) is 14.9 Å². The summed E-state index contributed by atoms with van der Waals surface area (Å²) in [7, 11) is 0. The lowest BCUT2D eigenvalue weighted by Gasteiger charge is -2.45. The predicted molar refractivity (Wildman–Crippen MR) is 112 cm³/mol. The third-order valence-corrected chi connectivity index (χ3v) is 6.99. The number of nitrogens with one attached hydrogen (secondary N) is 1. The van der Waals surface area contributed by atoms with Crippen molar-refractivity contribution in [2.24, 2.45) is 0 Å². The Balaban J connectivity index is 1.48. The van der Waals surface area contributed by atoms with Crippen molar-refractivity contribution >= 4 is 34.6 Å². The molecule has 1 N–H and O–H groups in total. The standard InChI is InChI=1S/C20H15F3N6O3S/c21-20(22,23)15-2-4-24-18(27-15)26-12-6-11(7-13(8-12)29(31)32)14-10-25-17(33-14)19-3-1-5-28(19)16(30)9-19/h2,4,6-8,10H,1,3,5,9H2,(H,24,26,27). The third-order valence-electron chi connectivity index (χ3n) is 5.75. The summed E-state index contributed by atoms with van der Waals surface area (Å²) < 4.78 is 38.8. The van der Waals surface area contributed by atoms with Crippen LogP contribution in [0.5, 0.6) is 0 Å². The molecule has 5 rings (SSSR count). The van der Waals surface area contributed by atoms with Gasteiger partial charge >= 0.3 is 6.18 Å². The average Bonchev–Trinajstić information content (AvgIpc) is 3.38. The van der Waals surface area contributed by atoms with Gasteiger partial charge in [-0.05, 0) is 25.0 Å². The maximum atomic E-state index is 12.9. The van der Waals surface area contributed by atoms with Crippen LogP contribution >= 0.6 is 11.3 Å². The Kier molecular flexibility index (Phi) is 4.81. The molecule has 2 aliphatic rings. The Bertz CT molecular complexity index is 1280. The summed E-state index contributed by atoms with van der Waals surface area (Å²) in [5, 5.41) is 14.9. The molecule has 2 fully saturated rings. The number of β-lactam (4-membered cyclic amide) rings is 1. The summed E-state index contributed by atoms with van der Waals surface area (Å²) in [4.78, 5) is 37.0. The van der Waals surface area contributed by atoms with Gasteiger partial charge in [-0.1, -0.05) is 0 Å². The monoisotopic (exact) mass is 476 g/mol. The number of hydrogen-bond donors (Lipinski definition) is 1. The number of thiazole rings is 1. The summed E-state index contributed by atoms with van der Waals surface area (Å²) in [6.45, 7) is 0.690. The van der Waals surface area contributed by atoms with E-state index in [2.05, 4.69) is 20.3 Å². The molecular formula is C20H15F3N6O3S. The molecule has 9 nitrogen and oxygen atoms in total. The number of halogens is 3. The topological polar surface area (TPSA) is 114 Å². The Labute approximate surface area is 188 Å². The molecule has 3 aromatic rings. The van der Waals surface area contributed by atoms with Crippen LogP contribution in [-0.2, 0) is 16.5 Å². The molecule has 1 unspecified atom stereocenters. The van der Waals surface area contributed by atoms with Crippen molar-refractivity contribution in [2.75, 3.05) is 11.9 Å². The van der Waals surface area contributed by atoms with Crippen LogP contribution in [0.15, 0.2) is 36.7 Å². The number of aromatic nitrogens is 3. The van der Waals surface area contributed by atoms with Crippen LogP contribution in [0.25, 0.3) is 10.4 Å². The van der Waals surface area contributed by atoms with E-state index < -0.39 is 22.3 Å². The smallest absolute Gasteiger partial charge is 0.330 e. The molecule has 1 atom stereocenters. The van der Waals surface area contributed by atoms with E-state index in [9.17, 15) is 28.1 Å². The number of alkyl halides is 3. The lowest BCUT2D eigenvalue weighted by molar-refractivity contribution is -0.384. The Hall–Kier alpha value is -3.61. The largest absolute Gasteiger partial charge is 0.433 e. The molecule has 4 heterocycles. The molecular weight excluding hydrogens is 461 g/mol. The van der Waals surface area contributed by atoms with Crippen LogP contribution in [0, 0.1) is 10.1 Å². The number of carbonyl (C=O) groups excluding carboxylic acids is 1. The normalized spacial score (nSPS) is 19.8. The first-order chi connectivity index (χ1) is 15.7. The molecule has 0 radical (unpaired) electrons. The zero-order valence-electron chi connectivity index (χ0n) is 16.8. The minimum atomic E-state index is -4.65. The van der Waals surface area contributed by atoms with E-state index in [1.807, 2.05) is 4.90 Å². The molecule has 1 amide bonds. The van der Waals surface area contributed by atoms with Gasteiger partial charge in [-0.25, -0.2) is 15.0 Å². The van der Waals surface area contributed by atoms with Gasteiger partial charge in [0.15, 0.2) is 0 Å². The number of fused-ring (bicyclic) bond motifs is 1. The van der Waals surface area contributed by atoms with E-state index in [0.717, 1.165) is 30.1 Å². The van der Waals surface area contributed by atoms with Gasteiger partial charge in [0.25, 0.3) is 5.69 Å². The summed E-state index contributed by atoms with van der Waals surface area (Å²) in [5.41, 5.74) is -1.15. The van der Waals surface area contributed by atoms with Crippen LogP contribution in [0.1, 0.15) is 30.0 Å². The van der Waals surface area contributed by atoms with Gasteiger partial charge in [0.1, 0.15) is 16.2 Å². The van der Waals surface area contributed by atoms with Crippen molar-refractivity contribution in [3.63, 3.8) is 0 Å². The van der Waals surface area contributed by atoms with Gasteiger partial charge in [0, 0.05) is 42.3 Å². The zero-order valence-corrected chi connectivity index (χ0v) is 17.6. The lowest BCUT2D eigenvalue weighted by Crippen LogP contribution is -2.57. The number of nitro groups is 1. The summed E-state index contributed by atoms with van der Waals surface area (Å²) in [5.74, 6) is -0.248. The van der Waals surface area contributed by atoms with Crippen LogP contribution in [0.2, 0.25) is 0 Å². The molecule has 33 heavy (non-hydrogen) atoms. The van der Waals surface area contributed by atoms with Crippen molar-refractivity contribution in [1.82, 2.24) is 19.9 Å². The molecule has 0 aliphatic carbocycles. The fraction of sp³-hybridized carbons (Fsp3) is 0.300. The van der Waals surface area contributed by atoms with E-state index >= 15 is 0 Å². The molecule has 2 saturated heterocycles. The van der Waals surface area contributed by atoms with E-state index in [0.29, 0.717) is 23.4 Å². The molecule has 0 spiro atoms. The maximum absolute atomic E-state index is 12.9. The van der Waals surface area contributed by atoms with Gasteiger partial charge in [0.05, 0.1) is 16.2 Å². The first-order valence-electron chi connectivity index (χ1n) is 9.90. The van der Waals surface area contributed by atoms with Crippen molar-refractivity contribution < 1.29 is 22.9 Å². The van der Waals surface area contributed by atoms with Crippen LogP contribution < -0.4 is 5.32 Å². The van der Waals surface area contributed by atoms with Crippen LogP contribution in [0.4, 0.5) is 30.5 Å². The minimum Gasteiger partial charge on any atom is -0.330 e. The second-order valence-electron chi connectivity index (χ2n) is 7.80. The number of rotatable bonds is 5. The number of non-ortho nitro benzene ring substituents is 1. The lowest BCUT2D eigenvalue weighted by atomic mass is 9.85. The van der Waals surface area contributed by atoms with E-state index in [1.54, 1.807) is 12.3 Å². The molecule has 170 valence electrons. The predicted octanol–water partition coefficient (Wildman–Crippen LogP) is 4.49. The SMILES string of the molecule is O=C1CC2(c3ncc(-c4cc(Nc5nccc(C(F)(F)F)n5)cc([N+](=O)[O-])c4)s3)CCCN12. The number of hydrogen-bond acceptors (Lipinski definition) is 8. The van der Waals surface area contributed by atoms with Gasteiger partial charge in [-0.2, -0.15) is 13.2 Å². The van der Waals surface area contributed by atoms with Gasteiger partial charge in [-0.15, -0.1) is 11.3 Å². The highest BCUT2D eigenvalue weighted by molar-refractivity contribution is 7.15. The highest BCUT2D eigenvalue weighted by Crippen LogP contribution is 2.51. The van der Waals surface area contributed by atoms with E-state index in [4.69, 9.17) is 0 Å². The van der Waals surface area contributed by atoms with E-state index in [1.165, 1.54) is 23.5 Å². The fourth-order valence-electron chi connectivity index (χ4n) is 4.24. The number of nitrogens with zero attached hydrogens (tertiary/aromatic N) is 5. The number of nitro benzene ring substituents is 1. The molecule has 0 bridgehead atoms.